The zero-order chi connectivity index (χ0) is 13.0. The van der Waals surface area contributed by atoms with Gasteiger partial charge in [0.05, 0.1) is 0 Å². The molecule has 94 valence electrons. The molecule has 2 aromatic rings. The molecule has 0 aromatic heterocycles. The Morgan fingerprint density at radius 2 is 1.39 bits per heavy atom. The van der Waals surface area contributed by atoms with E-state index in [1.54, 1.807) is 12.1 Å². The third-order valence-electron chi connectivity index (χ3n) is 2.83. The van der Waals surface area contributed by atoms with E-state index in [2.05, 4.69) is 0 Å². The second-order valence-corrected chi connectivity index (χ2v) is 5.93. The first kappa shape index (κ1) is 12.8. The van der Waals surface area contributed by atoms with Gasteiger partial charge in [-0.2, -0.15) is 0 Å². The Labute approximate surface area is 107 Å². The Morgan fingerprint density at radius 3 is 1.89 bits per heavy atom. The van der Waals surface area contributed by atoms with Crippen LogP contribution in [0.25, 0.3) is 0 Å². The molecule has 0 saturated carbocycles. The zero-order valence-electron chi connectivity index (χ0n) is 9.86. The molecule has 1 unspecified atom stereocenters. The molecular formula is C14H15NO2S. The summed E-state index contributed by atoms with van der Waals surface area (Å²) in [5.74, 6) is 0. The predicted octanol–water partition coefficient (Wildman–Crippen LogP) is 2.26. The van der Waals surface area contributed by atoms with Crippen LogP contribution >= 0.6 is 0 Å². The van der Waals surface area contributed by atoms with Crippen LogP contribution in [0.4, 0.5) is 0 Å². The molecule has 0 fully saturated rings. The summed E-state index contributed by atoms with van der Waals surface area (Å²) in [7, 11) is -3.62. The quantitative estimate of drug-likeness (QED) is 0.917. The van der Waals surface area contributed by atoms with Crippen molar-refractivity contribution < 1.29 is 8.42 Å². The average molecular weight is 261 g/mol. The van der Waals surface area contributed by atoms with Crippen molar-refractivity contribution in [1.82, 2.24) is 0 Å². The molecular weight excluding hydrogens is 246 g/mol. The number of benzene rings is 2. The maximum Gasteiger partial charge on any atom is 0.216 e. The normalized spacial score (nSPS) is 13.2. The standard InChI is InChI=1S/C14H15NO2S/c15-18(16,17)14(13-9-5-2-6-10-13)11-12-7-3-1-4-8-12/h1-10,14H,11H2,(H2,15,16,17). The van der Waals surface area contributed by atoms with Crippen LogP contribution < -0.4 is 5.14 Å². The minimum Gasteiger partial charge on any atom is -0.228 e. The van der Waals surface area contributed by atoms with Crippen molar-refractivity contribution >= 4 is 10.0 Å². The average Bonchev–Trinajstić information content (AvgIpc) is 2.37. The van der Waals surface area contributed by atoms with Crippen LogP contribution in [0.5, 0.6) is 0 Å². The lowest BCUT2D eigenvalue weighted by Crippen LogP contribution is -2.23. The van der Waals surface area contributed by atoms with Gasteiger partial charge in [0, 0.05) is 0 Å². The van der Waals surface area contributed by atoms with Crippen LogP contribution in [0, 0.1) is 0 Å². The molecule has 0 bridgehead atoms. The van der Waals surface area contributed by atoms with Crippen molar-refractivity contribution in [3.8, 4) is 0 Å². The molecule has 2 N–H and O–H groups in total. The minimum absolute atomic E-state index is 0.393. The summed E-state index contributed by atoms with van der Waals surface area (Å²) in [5.41, 5.74) is 1.68. The summed E-state index contributed by atoms with van der Waals surface area (Å²) in [4.78, 5) is 0. The van der Waals surface area contributed by atoms with Gasteiger partial charge in [0.15, 0.2) is 0 Å². The van der Waals surface area contributed by atoms with E-state index < -0.39 is 15.3 Å². The van der Waals surface area contributed by atoms with Crippen LogP contribution in [-0.2, 0) is 16.4 Å². The Kier molecular flexibility index (Phi) is 3.79. The van der Waals surface area contributed by atoms with E-state index in [-0.39, 0.29) is 0 Å². The molecule has 0 saturated heterocycles. The lowest BCUT2D eigenvalue weighted by molar-refractivity contribution is 0.582. The van der Waals surface area contributed by atoms with Crippen LogP contribution in [0.15, 0.2) is 60.7 Å². The van der Waals surface area contributed by atoms with Crippen molar-refractivity contribution in [2.24, 2.45) is 5.14 Å². The summed E-state index contributed by atoms with van der Waals surface area (Å²) < 4.78 is 23.4. The maximum atomic E-state index is 11.7. The van der Waals surface area contributed by atoms with Crippen molar-refractivity contribution in [3.63, 3.8) is 0 Å². The first-order valence-corrected chi connectivity index (χ1v) is 7.29. The highest BCUT2D eigenvalue weighted by molar-refractivity contribution is 7.89. The second kappa shape index (κ2) is 5.33. The fourth-order valence-corrected chi connectivity index (χ4v) is 2.88. The first-order chi connectivity index (χ1) is 8.57. The van der Waals surface area contributed by atoms with E-state index >= 15 is 0 Å². The summed E-state index contributed by atoms with van der Waals surface area (Å²) >= 11 is 0. The van der Waals surface area contributed by atoms with Crippen molar-refractivity contribution in [2.45, 2.75) is 11.7 Å². The molecule has 0 radical (unpaired) electrons. The van der Waals surface area contributed by atoms with E-state index in [4.69, 9.17) is 5.14 Å². The Hall–Kier alpha value is -1.65. The molecule has 0 amide bonds. The summed E-state index contributed by atoms with van der Waals surface area (Å²) in [5, 5.41) is 4.64. The maximum absolute atomic E-state index is 11.7. The Balaban J connectivity index is 2.34. The van der Waals surface area contributed by atoms with Gasteiger partial charge in [-0.25, -0.2) is 13.6 Å². The van der Waals surface area contributed by atoms with Crippen LogP contribution in [0.3, 0.4) is 0 Å². The first-order valence-electron chi connectivity index (χ1n) is 5.68. The van der Waals surface area contributed by atoms with Crippen LogP contribution in [0.1, 0.15) is 16.4 Å². The van der Waals surface area contributed by atoms with Gasteiger partial charge in [0.2, 0.25) is 10.0 Å². The van der Waals surface area contributed by atoms with Crippen molar-refractivity contribution in [1.29, 1.82) is 0 Å². The third kappa shape index (κ3) is 3.18. The summed E-state index contributed by atoms with van der Waals surface area (Å²) in [6.07, 6.45) is 0.393. The monoisotopic (exact) mass is 261 g/mol. The van der Waals surface area contributed by atoms with Crippen molar-refractivity contribution in [3.05, 3.63) is 71.8 Å². The molecule has 2 aromatic carbocycles. The van der Waals surface area contributed by atoms with Gasteiger partial charge in [-0.15, -0.1) is 0 Å². The molecule has 0 spiro atoms. The number of nitrogens with two attached hydrogens (primary N) is 1. The lowest BCUT2D eigenvalue weighted by Gasteiger charge is -2.15. The molecule has 0 aliphatic heterocycles. The van der Waals surface area contributed by atoms with Gasteiger partial charge < -0.3 is 0 Å². The highest BCUT2D eigenvalue weighted by atomic mass is 32.2. The fourth-order valence-electron chi connectivity index (χ4n) is 1.92. The number of hydrogen-bond acceptors (Lipinski definition) is 2. The summed E-state index contributed by atoms with van der Waals surface area (Å²) in [6, 6.07) is 18.6. The topological polar surface area (TPSA) is 60.2 Å². The van der Waals surface area contributed by atoms with Gasteiger partial charge in [-0.1, -0.05) is 60.7 Å². The molecule has 4 heteroatoms. The van der Waals surface area contributed by atoms with E-state index in [0.29, 0.717) is 6.42 Å². The Bertz CT molecular complexity index is 594. The van der Waals surface area contributed by atoms with Crippen molar-refractivity contribution in [2.75, 3.05) is 0 Å². The van der Waals surface area contributed by atoms with Crippen LogP contribution in [0.2, 0.25) is 0 Å². The molecule has 1 atom stereocenters. The zero-order valence-corrected chi connectivity index (χ0v) is 10.7. The van der Waals surface area contributed by atoms with Gasteiger partial charge in [-0.05, 0) is 17.5 Å². The van der Waals surface area contributed by atoms with E-state index in [9.17, 15) is 8.42 Å². The van der Waals surface area contributed by atoms with E-state index in [0.717, 1.165) is 11.1 Å². The SMILES string of the molecule is NS(=O)(=O)C(Cc1ccccc1)c1ccccc1. The number of hydrogen-bond donors (Lipinski definition) is 1. The highest BCUT2D eigenvalue weighted by Gasteiger charge is 2.23. The molecule has 0 aliphatic rings. The lowest BCUT2D eigenvalue weighted by atomic mass is 10.0. The number of rotatable bonds is 4. The van der Waals surface area contributed by atoms with Crippen LogP contribution in [-0.4, -0.2) is 8.42 Å². The molecule has 2 rings (SSSR count). The number of primary sulfonamides is 1. The molecule has 3 nitrogen and oxygen atoms in total. The van der Waals surface area contributed by atoms with Gasteiger partial charge in [-0.3, -0.25) is 0 Å². The largest absolute Gasteiger partial charge is 0.228 e. The van der Waals surface area contributed by atoms with Gasteiger partial charge in [0.1, 0.15) is 5.25 Å². The van der Waals surface area contributed by atoms with Gasteiger partial charge in [0.25, 0.3) is 0 Å². The minimum atomic E-state index is -3.62. The molecule has 0 heterocycles. The second-order valence-electron chi connectivity index (χ2n) is 4.18. The highest BCUT2D eigenvalue weighted by Crippen LogP contribution is 2.24. The predicted molar refractivity (Wildman–Crippen MR) is 72.4 cm³/mol. The third-order valence-corrected chi connectivity index (χ3v) is 4.06. The number of sulfonamides is 1. The van der Waals surface area contributed by atoms with Gasteiger partial charge >= 0.3 is 0 Å². The Morgan fingerprint density at radius 1 is 0.889 bits per heavy atom. The summed E-state index contributed by atoms with van der Waals surface area (Å²) in [6.45, 7) is 0. The van der Waals surface area contributed by atoms with E-state index in [1.807, 2.05) is 48.5 Å². The molecule has 18 heavy (non-hydrogen) atoms. The molecule has 0 aliphatic carbocycles. The fraction of sp³-hybridized carbons (Fsp3) is 0.143. The van der Waals surface area contributed by atoms with E-state index in [1.165, 1.54) is 0 Å². The smallest absolute Gasteiger partial charge is 0.216 e.